The maximum absolute atomic E-state index is 13.0. The highest BCUT2D eigenvalue weighted by Crippen LogP contribution is 2.34. The summed E-state index contributed by atoms with van der Waals surface area (Å²) < 4.78 is 7.31. The van der Waals surface area contributed by atoms with Crippen LogP contribution in [-0.4, -0.2) is 38.8 Å². The second-order valence-corrected chi connectivity index (χ2v) is 7.66. The molecule has 0 spiro atoms. The number of ether oxygens (including phenoxy) is 1. The fraction of sp³-hybridized carbons (Fsp3) is 0.286. The summed E-state index contributed by atoms with van der Waals surface area (Å²) in [5.74, 6) is -0.0286. The van der Waals surface area contributed by atoms with E-state index in [9.17, 15) is 15.3 Å². The SMILES string of the molecule is CC1CN(c2cc(-c3cc(C#N)c4c(N)ncnn34)ccc2C#N)C(=O)C(C)(C)O1. The quantitative estimate of drug-likeness (QED) is 0.696. The summed E-state index contributed by atoms with van der Waals surface area (Å²) >= 11 is 0. The Morgan fingerprint density at radius 2 is 1.97 bits per heavy atom. The van der Waals surface area contributed by atoms with Gasteiger partial charge in [0.2, 0.25) is 0 Å². The largest absolute Gasteiger partial charge is 0.382 e. The number of benzene rings is 1. The number of hydrogen-bond donors (Lipinski definition) is 1. The molecule has 30 heavy (non-hydrogen) atoms. The summed E-state index contributed by atoms with van der Waals surface area (Å²) in [6, 6.07) is 11.1. The number of carbonyl (C=O) groups is 1. The van der Waals surface area contributed by atoms with E-state index >= 15 is 0 Å². The average Bonchev–Trinajstić information content (AvgIpc) is 3.10. The van der Waals surface area contributed by atoms with Gasteiger partial charge in [-0.1, -0.05) is 6.07 Å². The Balaban J connectivity index is 1.91. The molecule has 1 saturated heterocycles. The molecule has 0 saturated carbocycles. The van der Waals surface area contributed by atoms with Crippen molar-refractivity contribution in [2.24, 2.45) is 0 Å². The fourth-order valence-corrected chi connectivity index (χ4v) is 3.83. The summed E-state index contributed by atoms with van der Waals surface area (Å²) in [6.07, 6.45) is 1.12. The Morgan fingerprint density at radius 1 is 1.23 bits per heavy atom. The van der Waals surface area contributed by atoms with Crippen LogP contribution in [0.25, 0.3) is 16.8 Å². The van der Waals surface area contributed by atoms with Gasteiger partial charge in [0.15, 0.2) is 5.82 Å². The van der Waals surface area contributed by atoms with E-state index in [1.807, 2.05) is 6.92 Å². The molecule has 9 heteroatoms. The number of fused-ring (bicyclic) bond motifs is 1. The van der Waals surface area contributed by atoms with Crippen LogP contribution in [0.15, 0.2) is 30.6 Å². The summed E-state index contributed by atoms with van der Waals surface area (Å²) in [5.41, 5.74) is 7.84. The molecule has 3 aromatic rings. The number of hydrogen-bond acceptors (Lipinski definition) is 7. The van der Waals surface area contributed by atoms with Gasteiger partial charge in [-0.15, -0.1) is 0 Å². The third kappa shape index (κ3) is 2.93. The molecule has 1 aliphatic heterocycles. The lowest BCUT2D eigenvalue weighted by molar-refractivity contribution is -0.153. The molecule has 0 radical (unpaired) electrons. The lowest BCUT2D eigenvalue weighted by atomic mass is 10.0. The van der Waals surface area contributed by atoms with E-state index in [0.717, 1.165) is 0 Å². The van der Waals surface area contributed by atoms with Crippen LogP contribution in [-0.2, 0) is 9.53 Å². The minimum absolute atomic E-state index is 0.195. The smallest absolute Gasteiger partial charge is 0.258 e. The normalized spacial score (nSPS) is 18.2. The zero-order valence-electron chi connectivity index (χ0n) is 16.7. The Labute approximate surface area is 172 Å². The molecule has 2 N–H and O–H groups in total. The molecular formula is C21H19N7O2. The highest BCUT2D eigenvalue weighted by molar-refractivity contribution is 6.01. The zero-order valence-corrected chi connectivity index (χ0v) is 16.7. The number of anilines is 2. The molecule has 1 atom stereocenters. The molecule has 4 rings (SSSR count). The lowest BCUT2D eigenvalue weighted by Gasteiger charge is -2.41. The van der Waals surface area contributed by atoms with E-state index < -0.39 is 5.60 Å². The topological polar surface area (TPSA) is 133 Å². The molecule has 1 aromatic carbocycles. The number of nitrogens with zero attached hydrogens (tertiary/aromatic N) is 6. The standard InChI is InChI=1S/C21H19N7O2/c1-12-10-27(20(29)21(2,3)30-12)16-6-13(4-5-14(16)8-22)17-7-15(9-23)18-19(24)25-11-26-28(17)18/h4-7,11-12H,10H2,1-3H3,(H2,24,25,26). The molecule has 9 nitrogen and oxygen atoms in total. The van der Waals surface area contributed by atoms with E-state index in [1.54, 1.807) is 47.5 Å². The molecule has 1 unspecified atom stereocenters. The first kappa shape index (κ1) is 19.4. The number of carbonyl (C=O) groups excluding carboxylic acids is 1. The van der Waals surface area contributed by atoms with Crippen LogP contribution in [0.2, 0.25) is 0 Å². The van der Waals surface area contributed by atoms with Gasteiger partial charge in [0, 0.05) is 5.56 Å². The second-order valence-electron chi connectivity index (χ2n) is 7.66. The molecule has 0 bridgehead atoms. The number of nitrogens with two attached hydrogens (primary N) is 1. The molecule has 150 valence electrons. The Bertz CT molecular complexity index is 1260. The van der Waals surface area contributed by atoms with Crippen molar-refractivity contribution in [2.45, 2.75) is 32.5 Å². The number of aromatic nitrogens is 3. The van der Waals surface area contributed by atoms with Crippen molar-refractivity contribution in [3.63, 3.8) is 0 Å². The number of rotatable bonds is 2. The minimum atomic E-state index is -1.00. The van der Waals surface area contributed by atoms with Crippen molar-refractivity contribution in [2.75, 3.05) is 17.2 Å². The van der Waals surface area contributed by atoms with Crippen LogP contribution in [0, 0.1) is 22.7 Å². The van der Waals surface area contributed by atoms with Gasteiger partial charge in [0.1, 0.15) is 29.6 Å². The van der Waals surface area contributed by atoms with Crippen molar-refractivity contribution in [1.82, 2.24) is 14.6 Å². The fourth-order valence-electron chi connectivity index (χ4n) is 3.83. The third-order valence-corrected chi connectivity index (χ3v) is 5.10. The average molecular weight is 401 g/mol. The number of amides is 1. The highest BCUT2D eigenvalue weighted by atomic mass is 16.5. The number of morpholine rings is 1. The summed E-state index contributed by atoms with van der Waals surface area (Å²) in [7, 11) is 0. The first-order valence-corrected chi connectivity index (χ1v) is 9.33. The van der Waals surface area contributed by atoms with Gasteiger partial charge in [-0.25, -0.2) is 9.50 Å². The lowest BCUT2D eigenvalue weighted by Crippen LogP contribution is -2.56. The number of nitrogen functional groups attached to an aromatic ring is 1. The molecule has 2 aromatic heterocycles. The summed E-state index contributed by atoms with van der Waals surface area (Å²) in [4.78, 5) is 18.6. The number of nitriles is 2. The first-order chi connectivity index (χ1) is 14.3. The van der Waals surface area contributed by atoms with Gasteiger partial charge in [-0.3, -0.25) is 4.79 Å². The van der Waals surface area contributed by atoms with Gasteiger partial charge in [0.25, 0.3) is 5.91 Å². The van der Waals surface area contributed by atoms with Crippen LogP contribution in [0.3, 0.4) is 0 Å². The third-order valence-electron chi connectivity index (χ3n) is 5.10. The predicted molar refractivity (Wildman–Crippen MR) is 109 cm³/mol. The van der Waals surface area contributed by atoms with Gasteiger partial charge in [-0.2, -0.15) is 15.6 Å². The van der Waals surface area contributed by atoms with Gasteiger partial charge in [-0.05, 0) is 39.0 Å². The molecule has 1 aliphatic rings. The van der Waals surface area contributed by atoms with E-state index in [1.165, 1.54) is 6.33 Å². The zero-order chi connectivity index (χ0) is 21.6. The monoisotopic (exact) mass is 401 g/mol. The Morgan fingerprint density at radius 3 is 2.67 bits per heavy atom. The second kappa shape index (κ2) is 6.83. The first-order valence-electron chi connectivity index (χ1n) is 9.33. The van der Waals surface area contributed by atoms with E-state index in [2.05, 4.69) is 22.2 Å². The highest BCUT2D eigenvalue weighted by Gasteiger charge is 2.41. The molecular weight excluding hydrogens is 382 g/mol. The van der Waals surface area contributed by atoms with Crippen LogP contribution in [0.1, 0.15) is 31.9 Å². The maximum Gasteiger partial charge on any atom is 0.258 e. The molecule has 1 fully saturated rings. The van der Waals surface area contributed by atoms with Crippen LogP contribution in [0.4, 0.5) is 11.5 Å². The van der Waals surface area contributed by atoms with E-state index in [4.69, 9.17) is 10.5 Å². The molecule has 3 heterocycles. The minimum Gasteiger partial charge on any atom is -0.382 e. The Hall–Kier alpha value is -3.95. The maximum atomic E-state index is 13.0. The van der Waals surface area contributed by atoms with Gasteiger partial charge in [0.05, 0.1) is 35.2 Å². The summed E-state index contributed by atoms with van der Waals surface area (Å²) in [6.45, 7) is 5.64. The van der Waals surface area contributed by atoms with Crippen LogP contribution < -0.4 is 10.6 Å². The van der Waals surface area contributed by atoms with E-state index in [-0.39, 0.29) is 17.8 Å². The van der Waals surface area contributed by atoms with Crippen molar-refractivity contribution >= 4 is 22.9 Å². The summed E-state index contributed by atoms with van der Waals surface area (Å²) in [5, 5.41) is 23.4. The Kier molecular flexibility index (Phi) is 4.41. The van der Waals surface area contributed by atoms with Crippen LogP contribution >= 0.6 is 0 Å². The van der Waals surface area contributed by atoms with E-state index in [0.29, 0.717) is 40.1 Å². The van der Waals surface area contributed by atoms with Crippen LogP contribution in [0.5, 0.6) is 0 Å². The predicted octanol–water partition coefficient (Wildman–Crippen LogP) is 2.25. The molecule has 0 aliphatic carbocycles. The van der Waals surface area contributed by atoms with Gasteiger partial charge < -0.3 is 15.4 Å². The van der Waals surface area contributed by atoms with Crippen molar-refractivity contribution in [3.05, 3.63) is 41.7 Å². The molecule has 1 amide bonds. The van der Waals surface area contributed by atoms with Crippen molar-refractivity contribution in [1.29, 1.82) is 10.5 Å². The van der Waals surface area contributed by atoms with Gasteiger partial charge >= 0.3 is 0 Å². The van der Waals surface area contributed by atoms with Crippen molar-refractivity contribution < 1.29 is 9.53 Å². The van der Waals surface area contributed by atoms with Crippen molar-refractivity contribution in [3.8, 4) is 23.4 Å².